The maximum atomic E-state index is 9.53. The molecule has 14 heavy (non-hydrogen) atoms. The number of phenols is 1. The van der Waals surface area contributed by atoms with Crippen LogP contribution in [0, 0.1) is 0 Å². The third-order valence-corrected chi connectivity index (χ3v) is 2.22. The van der Waals surface area contributed by atoms with Crippen molar-refractivity contribution in [3.05, 3.63) is 23.8 Å². The van der Waals surface area contributed by atoms with Crippen LogP contribution >= 0.6 is 0 Å². The second-order valence-corrected chi connectivity index (χ2v) is 3.10. The molecule has 1 aromatic rings. The molecule has 0 spiro atoms. The predicted octanol–water partition coefficient (Wildman–Crippen LogP) is 1.79. The number of hydrogen-bond acceptors (Lipinski definition) is 4. The topological polar surface area (TPSA) is 47.9 Å². The van der Waals surface area contributed by atoms with Crippen LogP contribution in [0.25, 0.3) is 0 Å². The van der Waals surface area contributed by atoms with Crippen molar-refractivity contribution in [2.45, 2.75) is 12.5 Å². The number of para-hydroxylation sites is 1. The highest BCUT2D eigenvalue weighted by Gasteiger charge is 2.24. The van der Waals surface area contributed by atoms with Gasteiger partial charge in [-0.25, -0.2) is 9.78 Å². The molecular formula is C10H12O4. The Morgan fingerprint density at radius 3 is 3.00 bits per heavy atom. The van der Waals surface area contributed by atoms with Gasteiger partial charge in [0, 0.05) is 12.0 Å². The molecule has 0 radical (unpaired) electrons. The lowest BCUT2D eigenvalue weighted by Crippen LogP contribution is -1.99. The molecule has 1 aromatic carbocycles. The Morgan fingerprint density at radius 1 is 1.50 bits per heavy atom. The standard InChI is InChI=1S/C10H12O4/c1-12-10-7(3-2-4-8(10)11)9-5-6-13-14-9/h2-4,9,11H,5-6H2,1H3. The molecule has 0 aliphatic carbocycles. The first-order valence-corrected chi connectivity index (χ1v) is 4.47. The second-order valence-electron chi connectivity index (χ2n) is 3.10. The van der Waals surface area contributed by atoms with E-state index in [1.54, 1.807) is 12.1 Å². The molecule has 0 aromatic heterocycles. The number of hydrogen-bond donors (Lipinski definition) is 1. The molecule has 1 aliphatic heterocycles. The van der Waals surface area contributed by atoms with Crippen LogP contribution in [0.2, 0.25) is 0 Å². The molecule has 0 amide bonds. The number of aromatic hydroxyl groups is 1. The highest BCUT2D eigenvalue weighted by Crippen LogP contribution is 2.38. The Labute approximate surface area is 81.9 Å². The van der Waals surface area contributed by atoms with Gasteiger partial charge >= 0.3 is 0 Å². The first-order chi connectivity index (χ1) is 6.83. The third kappa shape index (κ3) is 1.54. The molecular weight excluding hydrogens is 184 g/mol. The Hall–Kier alpha value is -1.26. The quantitative estimate of drug-likeness (QED) is 0.732. The van der Waals surface area contributed by atoms with E-state index in [-0.39, 0.29) is 11.9 Å². The van der Waals surface area contributed by atoms with E-state index in [1.807, 2.05) is 6.07 Å². The minimum atomic E-state index is -0.142. The molecule has 76 valence electrons. The number of methoxy groups -OCH3 is 1. The SMILES string of the molecule is COc1c(O)cccc1C1CCOO1. The molecule has 1 unspecified atom stereocenters. The second kappa shape index (κ2) is 3.86. The van der Waals surface area contributed by atoms with Gasteiger partial charge < -0.3 is 9.84 Å². The summed E-state index contributed by atoms with van der Waals surface area (Å²) < 4.78 is 5.10. The van der Waals surface area contributed by atoms with Gasteiger partial charge in [-0.2, -0.15) is 0 Å². The van der Waals surface area contributed by atoms with Crippen molar-refractivity contribution in [2.24, 2.45) is 0 Å². The lowest BCUT2D eigenvalue weighted by Gasteiger charge is -2.13. The van der Waals surface area contributed by atoms with Crippen molar-refractivity contribution in [2.75, 3.05) is 13.7 Å². The van der Waals surface area contributed by atoms with E-state index in [9.17, 15) is 5.11 Å². The molecule has 1 heterocycles. The molecule has 1 N–H and O–H groups in total. The summed E-state index contributed by atoms with van der Waals surface area (Å²) in [7, 11) is 1.52. The van der Waals surface area contributed by atoms with E-state index in [0.717, 1.165) is 12.0 Å². The van der Waals surface area contributed by atoms with E-state index < -0.39 is 0 Å². The largest absolute Gasteiger partial charge is 0.504 e. The fraction of sp³-hybridized carbons (Fsp3) is 0.400. The van der Waals surface area contributed by atoms with E-state index in [2.05, 4.69) is 0 Å². The molecule has 0 bridgehead atoms. The summed E-state index contributed by atoms with van der Waals surface area (Å²) in [6.45, 7) is 0.573. The first kappa shape index (κ1) is 9.30. The van der Waals surface area contributed by atoms with Gasteiger partial charge in [-0.1, -0.05) is 12.1 Å². The van der Waals surface area contributed by atoms with Crippen molar-refractivity contribution in [1.82, 2.24) is 0 Å². The maximum Gasteiger partial charge on any atom is 0.166 e. The summed E-state index contributed by atoms with van der Waals surface area (Å²) in [5, 5.41) is 9.53. The minimum Gasteiger partial charge on any atom is -0.504 e. The summed E-state index contributed by atoms with van der Waals surface area (Å²) in [6.07, 6.45) is 0.636. The monoisotopic (exact) mass is 196 g/mol. The van der Waals surface area contributed by atoms with Crippen molar-refractivity contribution < 1.29 is 19.6 Å². The van der Waals surface area contributed by atoms with Gasteiger partial charge in [-0.3, -0.25) is 0 Å². The molecule has 1 aliphatic rings. The molecule has 2 rings (SSSR count). The number of ether oxygens (including phenoxy) is 1. The Kier molecular flexibility index (Phi) is 2.56. The van der Waals surface area contributed by atoms with Gasteiger partial charge in [-0.15, -0.1) is 0 Å². The van der Waals surface area contributed by atoms with Gasteiger partial charge in [0.15, 0.2) is 11.5 Å². The van der Waals surface area contributed by atoms with Crippen LogP contribution in [0.1, 0.15) is 18.1 Å². The highest BCUT2D eigenvalue weighted by molar-refractivity contribution is 5.46. The Balaban J connectivity index is 2.35. The van der Waals surface area contributed by atoms with E-state index in [1.165, 1.54) is 7.11 Å². The van der Waals surface area contributed by atoms with E-state index in [0.29, 0.717) is 12.4 Å². The van der Waals surface area contributed by atoms with Crippen molar-refractivity contribution in [3.63, 3.8) is 0 Å². The van der Waals surface area contributed by atoms with E-state index in [4.69, 9.17) is 14.5 Å². The van der Waals surface area contributed by atoms with Gasteiger partial charge in [0.05, 0.1) is 13.7 Å². The molecule has 1 saturated heterocycles. The van der Waals surface area contributed by atoms with Gasteiger partial charge in [0.25, 0.3) is 0 Å². The molecule has 4 heteroatoms. The predicted molar refractivity (Wildman–Crippen MR) is 49.1 cm³/mol. The number of benzene rings is 1. The van der Waals surface area contributed by atoms with Gasteiger partial charge in [0.2, 0.25) is 0 Å². The average molecular weight is 196 g/mol. The van der Waals surface area contributed by atoms with Gasteiger partial charge in [-0.05, 0) is 6.07 Å². The Morgan fingerprint density at radius 2 is 2.36 bits per heavy atom. The molecule has 0 saturated carbocycles. The summed E-state index contributed by atoms with van der Waals surface area (Å²) in [5.41, 5.74) is 0.824. The van der Waals surface area contributed by atoms with Crippen LogP contribution in [-0.2, 0) is 9.78 Å². The van der Waals surface area contributed by atoms with E-state index >= 15 is 0 Å². The van der Waals surface area contributed by atoms with Crippen LogP contribution < -0.4 is 4.74 Å². The molecule has 4 nitrogen and oxygen atoms in total. The zero-order valence-electron chi connectivity index (χ0n) is 7.90. The summed E-state index contributed by atoms with van der Waals surface area (Å²) >= 11 is 0. The Bertz CT molecular complexity index is 318. The number of phenolic OH excluding ortho intramolecular Hbond substituents is 1. The van der Waals surface area contributed by atoms with Crippen LogP contribution in [0.4, 0.5) is 0 Å². The zero-order chi connectivity index (χ0) is 9.97. The van der Waals surface area contributed by atoms with Crippen molar-refractivity contribution >= 4 is 0 Å². The van der Waals surface area contributed by atoms with Crippen LogP contribution in [0.15, 0.2) is 18.2 Å². The maximum absolute atomic E-state index is 9.53. The van der Waals surface area contributed by atoms with Crippen molar-refractivity contribution in [1.29, 1.82) is 0 Å². The normalized spacial score (nSPS) is 21.1. The van der Waals surface area contributed by atoms with Gasteiger partial charge in [0.1, 0.15) is 6.10 Å². The minimum absolute atomic E-state index is 0.125. The fourth-order valence-corrected chi connectivity index (χ4v) is 1.56. The molecule has 1 fully saturated rings. The highest BCUT2D eigenvalue weighted by atomic mass is 17.2. The lowest BCUT2D eigenvalue weighted by atomic mass is 10.1. The first-order valence-electron chi connectivity index (χ1n) is 4.47. The van der Waals surface area contributed by atoms with Crippen LogP contribution in [0.3, 0.4) is 0 Å². The molecule has 1 atom stereocenters. The lowest BCUT2D eigenvalue weighted by molar-refractivity contribution is -0.276. The zero-order valence-corrected chi connectivity index (χ0v) is 7.90. The smallest absolute Gasteiger partial charge is 0.166 e. The van der Waals surface area contributed by atoms with Crippen LogP contribution in [0.5, 0.6) is 11.5 Å². The summed E-state index contributed by atoms with van der Waals surface area (Å²) in [6, 6.07) is 5.20. The third-order valence-electron chi connectivity index (χ3n) is 2.22. The average Bonchev–Trinajstić information content (AvgIpc) is 2.70. The van der Waals surface area contributed by atoms with Crippen molar-refractivity contribution in [3.8, 4) is 11.5 Å². The summed E-state index contributed by atoms with van der Waals surface area (Å²) in [4.78, 5) is 9.86. The number of rotatable bonds is 2. The summed E-state index contributed by atoms with van der Waals surface area (Å²) in [5.74, 6) is 0.587. The fourth-order valence-electron chi connectivity index (χ4n) is 1.56. The van der Waals surface area contributed by atoms with Crippen LogP contribution in [-0.4, -0.2) is 18.8 Å².